The Balaban J connectivity index is 1.19. The van der Waals surface area contributed by atoms with Crippen molar-refractivity contribution >= 4 is 40.8 Å². The minimum absolute atomic E-state index is 0.0373. The average molecular weight is 672 g/mol. The Hall–Kier alpha value is -4.81. The predicted molar refractivity (Wildman–Crippen MR) is 178 cm³/mol. The Morgan fingerprint density at radius 1 is 0.896 bits per heavy atom. The highest BCUT2D eigenvalue weighted by Gasteiger charge is 2.39. The number of halogens is 2. The lowest BCUT2D eigenvalue weighted by Crippen LogP contribution is -2.47. The fraction of sp³-hybridized carbons (Fsp3) is 0.343. The fourth-order valence-corrected chi connectivity index (χ4v) is 7.40. The molecule has 2 saturated heterocycles. The molecule has 3 aliphatic heterocycles. The molecule has 0 aliphatic carbocycles. The smallest absolute Gasteiger partial charge is 0.335 e. The van der Waals surface area contributed by atoms with Crippen molar-refractivity contribution in [3.8, 4) is 5.69 Å². The van der Waals surface area contributed by atoms with E-state index in [-0.39, 0.29) is 28.5 Å². The quantitative estimate of drug-likeness (QED) is 0.275. The topological polar surface area (TPSA) is 124 Å². The van der Waals surface area contributed by atoms with Gasteiger partial charge in [-0.3, -0.25) is 9.59 Å². The number of likely N-dealkylation sites (tertiary alicyclic amines) is 1. The lowest BCUT2D eigenvalue weighted by molar-refractivity contribution is -0.121. The van der Waals surface area contributed by atoms with Crippen molar-refractivity contribution in [2.45, 2.75) is 44.2 Å². The molecular weight excluding hydrogens is 637 g/mol. The second kappa shape index (κ2) is 13.4. The van der Waals surface area contributed by atoms with Gasteiger partial charge in [0, 0.05) is 37.1 Å². The average Bonchev–Trinajstić information content (AvgIpc) is 3.82. The van der Waals surface area contributed by atoms with Crippen molar-refractivity contribution in [1.29, 1.82) is 0 Å². The van der Waals surface area contributed by atoms with Crippen LogP contribution in [0.2, 0.25) is 5.02 Å². The van der Waals surface area contributed by atoms with Gasteiger partial charge in [-0.25, -0.2) is 13.9 Å². The normalized spacial score (nSPS) is 18.5. The van der Waals surface area contributed by atoms with Crippen LogP contribution < -0.4 is 10.2 Å². The third kappa shape index (κ3) is 6.13. The Morgan fingerprint density at radius 3 is 2.33 bits per heavy atom. The summed E-state index contributed by atoms with van der Waals surface area (Å²) in [6, 6.07) is 15.8. The number of benzene rings is 3. The summed E-state index contributed by atoms with van der Waals surface area (Å²) < 4.78 is 15.9. The number of carbonyl (C=O) groups is 3. The highest BCUT2D eigenvalue weighted by Crippen LogP contribution is 2.38. The summed E-state index contributed by atoms with van der Waals surface area (Å²) in [6.07, 6.45) is 6.54. The van der Waals surface area contributed by atoms with Crippen LogP contribution in [-0.2, 0) is 11.2 Å². The van der Waals surface area contributed by atoms with E-state index in [1.807, 2.05) is 12.1 Å². The summed E-state index contributed by atoms with van der Waals surface area (Å²) in [5.74, 6) is -2.76. The molecule has 2 fully saturated rings. The van der Waals surface area contributed by atoms with Gasteiger partial charge in [-0.15, -0.1) is 5.10 Å². The molecule has 13 heteroatoms. The Labute approximate surface area is 281 Å². The van der Waals surface area contributed by atoms with Gasteiger partial charge >= 0.3 is 5.97 Å². The number of piperidine rings is 1. The van der Waals surface area contributed by atoms with Crippen molar-refractivity contribution < 1.29 is 23.9 Å². The maximum absolute atomic E-state index is 14.7. The molecular formula is C35H35ClFN7O4. The lowest BCUT2D eigenvalue weighted by Gasteiger charge is -2.41. The molecule has 0 saturated carbocycles. The minimum atomic E-state index is -1.08. The number of nitrogens with zero attached hydrogens (tertiary/aromatic N) is 6. The zero-order chi connectivity index (χ0) is 33.4. The van der Waals surface area contributed by atoms with Crippen LogP contribution in [0.5, 0.6) is 0 Å². The number of rotatable bonds is 7. The van der Waals surface area contributed by atoms with Crippen molar-refractivity contribution in [3.63, 3.8) is 0 Å². The third-order valence-electron chi connectivity index (χ3n) is 9.66. The Kier molecular flexibility index (Phi) is 8.84. The predicted octanol–water partition coefficient (Wildman–Crippen LogP) is 5.20. The van der Waals surface area contributed by atoms with E-state index in [1.54, 1.807) is 6.07 Å². The van der Waals surface area contributed by atoms with E-state index >= 15 is 0 Å². The molecule has 48 heavy (non-hydrogen) atoms. The molecule has 1 unspecified atom stereocenters. The zero-order valence-electron chi connectivity index (χ0n) is 26.2. The van der Waals surface area contributed by atoms with Crippen LogP contribution in [0.4, 0.5) is 15.8 Å². The molecule has 2 N–H and O–H groups in total. The maximum Gasteiger partial charge on any atom is 0.335 e. The standard InChI is InChI=1S/C35H35ClFN7O4/c36-27-6-4-8-30(31(27)37)44-21-28(39-40-44)34(46)43-20-15-25-26(32(43)33(45)38-23-11-9-22(10-12-23)35(47)48)5-3-7-29(25)42-18-13-24(14-19-42)41-16-1-2-17-41/h3-12,21,24,32H,1-2,13-20H2,(H,38,45)(H,47,48). The number of nitrogens with one attached hydrogen (secondary N) is 1. The Morgan fingerprint density at radius 2 is 1.60 bits per heavy atom. The molecule has 2 amide bonds. The first-order valence-corrected chi connectivity index (χ1v) is 16.6. The molecule has 248 valence electrons. The number of carboxylic acids is 1. The first-order valence-electron chi connectivity index (χ1n) is 16.2. The number of hydrogen-bond acceptors (Lipinski definition) is 7. The summed E-state index contributed by atoms with van der Waals surface area (Å²) >= 11 is 5.96. The van der Waals surface area contributed by atoms with Gasteiger partial charge in [0.15, 0.2) is 11.5 Å². The van der Waals surface area contributed by atoms with Gasteiger partial charge in [-0.2, -0.15) is 0 Å². The van der Waals surface area contributed by atoms with E-state index in [4.69, 9.17) is 11.6 Å². The molecule has 1 aromatic heterocycles. The van der Waals surface area contributed by atoms with E-state index < -0.39 is 29.6 Å². The van der Waals surface area contributed by atoms with Gasteiger partial charge in [0.25, 0.3) is 11.8 Å². The van der Waals surface area contributed by atoms with Crippen molar-refractivity contribution in [1.82, 2.24) is 24.8 Å². The first-order chi connectivity index (χ1) is 23.3. The monoisotopic (exact) mass is 671 g/mol. The largest absolute Gasteiger partial charge is 0.478 e. The van der Waals surface area contributed by atoms with Crippen LogP contribution >= 0.6 is 11.6 Å². The van der Waals surface area contributed by atoms with Crippen LogP contribution in [0.1, 0.15) is 63.7 Å². The summed E-state index contributed by atoms with van der Waals surface area (Å²) in [7, 11) is 0. The van der Waals surface area contributed by atoms with Crippen molar-refractivity contribution in [2.75, 3.05) is 42.9 Å². The van der Waals surface area contributed by atoms with Crippen LogP contribution in [0.3, 0.4) is 0 Å². The Bertz CT molecular complexity index is 1850. The summed E-state index contributed by atoms with van der Waals surface area (Å²) in [6.45, 7) is 4.41. The number of fused-ring (bicyclic) bond motifs is 1. The third-order valence-corrected chi connectivity index (χ3v) is 9.95. The van der Waals surface area contributed by atoms with E-state index in [0.29, 0.717) is 23.7 Å². The van der Waals surface area contributed by atoms with Gasteiger partial charge in [0.05, 0.1) is 16.8 Å². The molecule has 4 aromatic rings. The van der Waals surface area contributed by atoms with Gasteiger partial charge in [-0.05, 0) is 98.8 Å². The second-order valence-electron chi connectivity index (χ2n) is 12.5. The fourth-order valence-electron chi connectivity index (χ4n) is 7.23. The molecule has 3 aromatic carbocycles. The SMILES string of the molecule is O=C(O)c1ccc(NC(=O)C2c3cccc(N4CCC(N5CCCC5)CC4)c3CCN2C(=O)c2cn(-c3cccc(Cl)c3F)nn2)cc1. The molecule has 1 atom stereocenters. The number of aromatic carboxylic acids is 1. The molecule has 0 radical (unpaired) electrons. The lowest BCUT2D eigenvalue weighted by atomic mass is 9.89. The maximum atomic E-state index is 14.7. The molecule has 4 heterocycles. The number of carbonyl (C=O) groups excluding carboxylic acids is 2. The molecule has 7 rings (SSSR count). The van der Waals surface area contributed by atoms with Crippen LogP contribution in [0, 0.1) is 5.82 Å². The van der Waals surface area contributed by atoms with Gasteiger partial charge in [0.2, 0.25) is 0 Å². The molecule has 3 aliphatic rings. The van der Waals surface area contributed by atoms with E-state index in [1.165, 1.54) is 73.4 Å². The molecule has 0 bridgehead atoms. The first kappa shape index (κ1) is 31.8. The van der Waals surface area contributed by atoms with E-state index in [2.05, 4.69) is 31.5 Å². The van der Waals surface area contributed by atoms with Gasteiger partial charge in [0.1, 0.15) is 11.7 Å². The summed E-state index contributed by atoms with van der Waals surface area (Å²) in [4.78, 5) is 46.1. The van der Waals surface area contributed by atoms with Crippen LogP contribution in [0.15, 0.2) is 66.9 Å². The van der Waals surface area contributed by atoms with Crippen LogP contribution in [-0.4, -0.2) is 86.4 Å². The van der Waals surface area contributed by atoms with Gasteiger partial charge < -0.3 is 25.1 Å². The number of aromatic nitrogens is 3. The number of anilines is 2. The number of hydrogen-bond donors (Lipinski definition) is 2. The minimum Gasteiger partial charge on any atom is -0.478 e. The second-order valence-corrected chi connectivity index (χ2v) is 12.9. The van der Waals surface area contributed by atoms with Crippen molar-refractivity contribution in [3.05, 3.63) is 100 Å². The molecule has 11 nitrogen and oxygen atoms in total. The summed E-state index contributed by atoms with van der Waals surface area (Å²) in [5.41, 5.74) is 3.27. The highest BCUT2D eigenvalue weighted by atomic mass is 35.5. The van der Waals surface area contributed by atoms with E-state index in [0.717, 1.165) is 41.9 Å². The number of carboxylic acid groups (broad SMARTS) is 1. The molecule has 0 spiro atoms. The summed E-state index contributed by atoms with van der Waals surface area (Å²) in [5, 5.41) is 20.1. The van der Waals surface area contributed by atoms with Crippen LogP contribution in [0.25, 0.3) is 5.69 Å². The van der Waals surface area contributed by atoms with Gasteiger partial charge in [-0.1, -0.05) is 35.0 Å². The van der Waals surface area contributed by atoms with E-state index in [9.17, 15) is 23.9 Å². The highest BCUT2D eigenvalue weighted by molar-refractivity contribution is 6.30. The zero-order valence-corrected chi connectivity index (χ0v) is 26.9. The number of amides is 2. The van der Waals surface area contributed by atoms with Crippen molar-refractivity contribution in [2.24, 2.45) is 0 Å².